The maximum absolute atomic E-state index is 14.1. The summed E-state index contributed by atoms with van der Waals surface area (Å²) in [4.78, 5) is 59.3. The van der Waals surface area contributed by atoms with Gasteiger partial charge in [0.15, 0.2) is 0 Å². The molecule has 9 aromatic rings. The maximum atomic E-state index is 14.1. The van der Waals surface area contributed by atoms with Gasteiger partial charge in [0.2, 0.25) is 0 Å². The van der Waals surface area contributed by atoms with E-state index in [9.17, 15) is 19.2 Å². The van der Waals surface area contributed by atoms with Crippen LogP contribution in [0.4, 0.5) is 0 Å². The van der Waals surface area contributed by atoms with E-state index >= 15 is 0 Å². The first kappa shape index (κ1) is 30.7. The van der Waals surface area contributed by atoms with Crippen LogP contribution in [0, 0.1) is 0 Å². The zero-order chi connectivity index (χ0) is 36.2. The van der Waals surface area contributed by atoms with E-state index in [1.165, 1.54) is 9.80 Å². The van der Waals surface area contributed by atoms with Crippen molar-refractivity contribution < 1.29 is 19.2 Å². The SMILES string of the molecule is O=C1c2ccc3c4ccc5c6c(ccc(c7ccc(c2c37)C(=O)N1CCc1cccc2ccccc12)c64)C(=O)N(CCc1cccc2ccccc12)C5=O. The number of amides is 4. The summed E-state index contributed by atoms with van der Waals surface area (Å²) in [6, 6.07) is 43.7. The Morgan fingerprint density at radius 2 is 0.648 bits per heavy atom. The summed E-state index contributed by atoms with van der Waals surface area (Å²) in [6.07, 6.45) is 1.09. The predicted octanol–water partition coefficient (Wildman–Crippen LogP) is 9.72. The molecule has 2 heterocycles. The highest BCUT2D eigenvalue weighted by molar-refractivity contribution is 6.41. The molecule has 0 atom stereocenters. The van der Waals surface area contributed by atoms with E-state index < -0.39 is 0 Å². The number of carbonyl (C=O) groups is 4. The van der Waals surface area contributed by atoms with Crippen LogP contribution in [0.5, 0.6) is 0 Å². The molecular formula is C48H30N2O4. The van der Waals surface area contributed by atoms with Crippen LogP contribution in [0.2, 0.25) is 0 Å². The molecule has 256 valence electrons. The van der Waals surface area contributed by atoms with Crippen molar-refractivity contribution in [1.29, 1.82) is 0 Å². The highest BCUT2D eigenvalue weighted by atomic mass is 16.2. The van der Waals surface area contributed by atoms with Gasteiger partial charge < -0.3 is 0 Å². The minimum Gasteiger partial charge on any atom is -0.274 e. The molecule has 54 heavy (non-hydrogen) atoms. The van der Waals surface area contributed by atoms with Gasteiger partial charge in [-0.15, -0.1) is 0 Å². The lowest BCUT2D eigenvalue weighted by Gasteiger charge is -2.30. The topological polar surface area (TPSA) is 74.8 Å². The lowest BCUT2D eigenvalue weighted by Crippen LogP contribution is -2.41. The van der Waals surface area contributed by atoms with E-state index in [0.29, 0.717) is 45.9 Å². The van der Waals surface area contributed by atoms with Crippen molar-refractivity contribution in [3.63, 3.8) is 0 Å². The molecule has 0 N–H and O–H groups in total. The molecule has 0 fully saturated rings. The molecule has 0 aromatic heterocycles. The van der Waals surface area contributed by atoms with Crippen molar-refractivity contribution in [2.75, 3.05) is 13.1 Å². The van der Waals surface area contributed by atoms with Crippen molar-refractivity contribution in [2.24, 2.45) is 0 Å². The first-order valence-corrected chi connectivity index (χ1v) is 18.3. The molecular weight excluding hydrogens is 669 g/mol. The number of carbonyl (C=O) groups excluding carboxylic acids is 4. The van der Waals surface area contributed by atoms with Crippen LogP contribution < -0.4 is 0 Å². The largest absolute Gasteiger partial charge is 0.274 e. The van der Waals surface area contributed by atoms with Gasteiger partial charge in [-0.05, 0) is 102 Å². The van der Waals surface area contributed by atoms with Crippen molar-refractivity contribution in [2.45, 2.75) is 12.8 Å². The zero-order valence-electron chi connectivity index (χ0n) is 29.1. The fourth-order valence-corrected chi connectivity index (χ4v) is 9.26. The lowest BCUT2D eigenvalue weighted by molar-refractivity contribution is 0.0597. The summed E-state index contributed by atoms with van der Waals surface area (Å²) < 4.78 is 0. The van der Waals surface area contributed by atoms with Gasteiger partial charge in [0, 0.05) is 46.1 Å². The second kappa shape index (κ2) is 11.3. The Balaban J connectivity index is 0.991. The molecule has 11 rings (SSSR count). The Morgan fingerprint density at radius 3 is 1.02 bits per heavy atom. The van der Waals surface area contributed by atoms with Gasteiger partial charge >= 0.3 is 0 Å². The van der Waals surface area contributed by atoms with Crippen LogP contribution in [-0.4, -0.2) is 46.5 Å². The van der Waals surface area contributed by atoms with Crippen molar-refractivity contribution >= 4 is 88.3 Å². The standard InChI is InChI=1S/C48H30N2O4/c51-45-37-19-15-33-35-17-21-39-44-40(48(54)50(47(39)53)26-24-30-12-6-10-28-8-2-4-14-32(28)30)22-18-36(42(35)44)34-16-20-38(43(37)41(33)34)46(52)49(45)25-23-29-11-5-9-27-7-1-3-13-31(27)29/h1-22H,23-26H2. The van der Waals surface area contributed by atoms with Gasteiger partial charge in [-0.1, -0.05) is 109 Å². The molecule has 0 bridgehead atoms. The van der Waals surface area contributed by atoms with Gasteiger partial charge in [0.25, 0.3) is 23.6 Å². The zero-order valence-corrected chi connectivity index (χ0v) is 29.1. The number of hydrogen-bond acceptors (Lipinski definition) is 4. The monoisotopic (exact) mass is 698 g/mol. The van der Waals surface area contributed by atoms with Crippen LogP contribution in [0.25, 0.3) is 64.6 Å². The van der Waals surface area contributed by atoms with Gasteiger partial charge in [-0.3, -0.25) is 29.0 Å². The Morgan fingerprint density at radius 1 is 0.315 bits per heavy atom. The van der Waals surface area contributed by atoms with E-state index in [4.69, 9.17) is 0 Å². The Hall–Kier alpha value is -6.92. The first-order valence-electron chi connectivity index (χ1n) is 18.3. The molecule has 2 aliphatic heterocycles. The van der Waals surface area contributed by atoms with Crippen LogP contribution in [-0.2, 0) is 12.8 Å². The smallest absolute Gasteiger partial charge is 0.261 e. The summed E-state index contributed by atoms with van der Waals surface area (Å²) >= 11 is 0. The van der Waals surface area contributed by atoms with Gasteiger partial charge in [0.1, 0.15) is 0 Å². The number of rotatable bonds is 6. The highest BCUT2D eigenvalue weighted by Crippen LogP contribution is 2.46. The maximum Gasteiger partial charge on any atom is 0.261 e. The fraction of sp³-hybridized carbons (Fsp3) is 0.0833. The third kappa shape index (κ3) is 4.16. The molecule has 9 aromatic carbocycles. The second-order valence-corrected chi connectivity index (χ2v) is 14.4. The van der Waals surface area contributed by atoms with E-state index in [2.05, 4.69) is 48.5 Å². The van der Waals surface area contributed by atoms with Crippen molar-refractivity contribution in [1.82, 2.24) is 9.80 Å². The third-order valence-corrected chi connectivity index (χ3v) is 11.8. The Labute approximate surface area is 309 Å². The predicted molar refractivity (Wildman–Crippen MR) is 214 cm³/mol. The van der Waals surface area contributed by atoms with Crippen LogP contribution in [0.15, 0.2) is 133 Å². The average Bonchev–Trinajstić information content (AvgIpc) is 3.21. The minimum absolute atomic E-state index is 0.269. The van der Waals surface area contributed by atoms with Crippen LogP contribution in [0.3, 0.4) is 0 Å². The van der Waals surface area contributed by atoms with Gasteiger partial charge in [-0.25, -0.2) is 0 Å². The summed E-state index contributed by atoms with van der Waals surface area (Å²) in [7, 11) is 0. The van der Waals surface area contributed by atoms with Gasteiger partial charge in [-0.2, -0.15) is 0 Å². The summed E-state index contributed by atoms with van der Waals surface area (Å²) in [5, 5.41) is 11.0. The molecule has 4 amide bonds. The number of benzene rings is 9. The third-order valence-electron chi connectivity index (χ3n) is 11.8. The summed E-state index contributed by atoms with van der Waals surface area (Å²) in [5.41, 5.74) is 4.19. The van der Waals surface area contributed by atoms with Gasteiger partial charge in [0.05, 0.1) is 0 Å². The molecule has 0 saturated carbocycles. The number of fused-ring (bicyclic) bond motifs is 4. The van der Waals surface area contributed by atoms with Crippen molar-refractivity contribution in [3.8, 4) is 0 Å². The minimum atomic E-state index is -0.299. The van der Waals surface area contributed by atoms with Crippen LogP contribution >= 0.6 is 0 Å². The highest BCUT2D eigenvalue weighted by Gasteiger charge is 2.36. The molecule has 0 aliphatic carbocycles. The molecule has 0 unspecified atom stereocenters. The molecule has 0 radical (unpaired) electrons. The normalized spacial score (nSPS) is 14.3. The molecule has 2 aliphatic rings. The quantitative estimate of drug-likeness (QED) is 0.0985. The Kier molecular flexibility index (Phi) is 6.41. The Bertz CT molecular complexity index is 2820. The van der Waals surface area contributed by atoms with E-state index in [1.807, 2.05) is 84.9 Å². The molecule has 6 heteroatoms. The summed E-state index contributed by atoms with van der Waals surface area (Å²) in [5.74, 6) is -1.20. The van der Waals surface area contributed by atoms with Crippen LogP contribution in [0.1, 0.15) is 52.6 Å². The van der Waals surface area contributed by atoms with E-state index in [1.54, 1.807) is 0 Å². The second-order valence-electron chi connectivity index (χ2n) is 14.4. The average molecular weight is 699 g/mol. The number of hydrogen-bond donors (Lipinski definition) is 0. The van der Waals surface area contributed by atoms with E-state index in [0.717, 1.165) is 65.0 Å². The number of imide groups is 2. The summed E-state index contributed by atoms with van der Waals surface area (Å²) in [6.45, 7) is 0.537. The first-order chi connectivity index (χ1) is 26.5. The van der Waals surface area contributed by atoms with E-state index in [-0.39, 0.29) is 36.7 Å². The molecule has 0 spiro atoms. The number of nitrogens with zero attached hydrogens (tertiary/aromatic N) is 2. The molecule has 6 nitrogen and oxygen atoms in total. The lowest BCUT2D eigenvalue weighted by atomic mass is 9.82. The fourth-order valence-electron chi connectivity index (χ4n) is 9.26. The molecule has 0 saturated heterocycles. The van der Waals surface area contributed by atoms with Crippen molar-refractivity contribution in [3.05, 3.63) is 167 Å².